The minimum Gasteiger partial charge on any atom is -0.497 e. The summed E-state index contributed by atoms with van der Waals surface area (Å²) in [5.41, 5.74) is 7.06. The smallest absolute Gasteiger partial charge is 0.156 e. The van der Waals surface area contributed by atoms with E-state index in [9.17, 15) is 0 Å². The summed E-state index contributed by atoms with van der Waals surface area (Å²) in [7, 11) is 1.67. The highest BCUT2D eigenvalue weighted by atomic mass is 16.5. The van der Waals surface area contributed by atoms with Crippen molar-refractivity contribution in [2.75, 3.05) is 20.2 Å². The van der Waals surface area contributed by atoms with Crippen LogP contribution in [0.4, 0.5) is 0 Å². The van der Waals surface area contributed by atoms with E-state index in [-0.39, 0.29) is 6.04 Å². The Labute approximate surface area is 120 Å². The van der Waals surface area contributed by atoms with Crippen LogP contribution in [0.15, 0.2) is 29.4 Å². The van der Waals surface area contributed by atoms with Gasteiger partial charge >= 0.3 is 0 Å². The van der Waals surface area contributed by atoms with Crippen molar-refractivity contribution in [3.8, 4) is 5.75 Å². The Morgan fingerprint density at radius 3 is 2.80 bits per heavy atom. The molecule has 3 N–H and O–H groups in total. The van der Waals surface area contributed by atoms with Crippen molar-refractivity contribution in [1.82, 2.24) is 4.90 Å². The SMILES string of the molecule is COc1ccc(CCN2CCCCC2C(N)=NO)cc1. The normalized spacial score (nSPS) is 20.9. The second kappa shape index (κ2) is 7.14. The van der Waals surface area contributed by atoms with Crippen LogP contribution in [0, 0.1) is 0 Å². The van der Waals surface area contributed by atoms with Gasteiger partial charge in [-0.2, -0.15) is 0 Å². The van der Waals surface area contributed by atoms with Crippen molar-refractivity contribution in [1.29, 1.82) is 0 Å². The molecule has 0 aromatic heterocycles. The van der Waals surface area contributed by atoms with Gasteiger partial charge in [0.25, 0.3) is 0 Å². The number of likely N-dealkylation sites (tertiary alicyclic amines) is 1. The highest BCUT2D eigenvalue weighted by molar-refractivity contribution is 5.85. The summed E-state index contributed by atoms with van der Waals surface area (Å²) in [6.07, 6.45) is 4.25. The van der Waals surface area contributed by atoms with Crippen molar-refractivity contribution >= 4 is 5.84 Å². The first kappa shape index (κ1) is 14.7. The van der Waals surface area contributed by atoms with Gasteiger partial charge in [0.2, 0.25) is 0 Å². The van der Waals surface area contributed by atoms with E-state index in [0.29, 0.717) is 5.84 Å². The number of oxime groups is 1. The van der Waals surface area contributed by atoms with Gasteiger partial charge in [-0.05, 0) is 43.5 Å². The number of piperidine rings is 1. The average Bonchev–Trinajstić information content (AvgIpc) is 2.53. The molecular formula is C15H23N3O2. The predicted molar refractivity (Wildman–Crippen MR) is 79.3 cm³/mol. The number of nitrogens with two attached hydrogens (primary N) is 1. The summed E-state index contributed by atoms with van der Waals surface area (Å²) in [6, 6.07) is 8.20. The van der Waals surface area contributed by atoms with E-state index >= 15 is 0 Å². The second-order valence-corrected chi connectivity index (χ2v) is 5.17. The summed E-state index contributed by atoms with van der Waals surface area (Å²) in [5, 5.41) is 12.0. The molecule has 5 nitrogen and oxygen atoms in total. The molecule has 20 heavy (non-hydrogen) atoms. The van der Waals surface area contributed by atoms with Crippen LogP contribution in [0.5, 0.6) is 5.75 Å². The molecule has 0 bridgehead atoms. The molecule has 1 aliphatic heterocycles. The molecule has 1 aromatic carbocycles. The van der Waals surface area contributed by atoms with Crippen molar-refractivity contribution in [3.63, 3.8) is 0 Å². The highest BCUT2D eigenvalue weighted by Gasteiger charge is 2.25. The molecule has 0 aliphatic carbocycles. The molecule has 1 heterocycles. The molecule has 0 spiro atoms. The Bertz CT molecular complexity index is 445. The largest absolute Gasteiger partial charge is 0.497 e. The molecule has 110 valence electrons. The van der Waals surface area contributed by atoms with Crippen LogP contribution in [-0.4, -0.2) is 42.2 Å². The third-order valence-corrected chi connectivity index (χ3v) is 3.92. The minimum absolute atomic E-state index is 0.0759. The summed E-state index contributed by atoms with van der Waals surface area (Å²) >= 11 is 0. The van der Waals surface area contributed by atoms with Gasteiger partial charge in [0, 0.05) is 6.54 Å². The van der Waals surface area contributed by atoms with Gasteiger partial charge in [0.15, 0.2) is 5.84 Å². The maximum absolute atomic E-state index is 8.87. The average molecular weight is 277 g/mol. The van der Waals surface area contributed by atoms with E-state index in [1.54, 1.807) is 7.11 Å². The number of methoxy groups -OCH3 is 1. The predicted octanol–water partition coefficient (Wildman–Crippen LogP) is 1.84. The zero-order valence-electron chi connectivity index (χ0n) is 12.0. The molecule has 0 radical (unpaired) electrons. The topological polar surface area (TPSA) is 71.1 Å². The lowest BCUT2D eigenvalue weighted by Crippen LogP contribution is -2.48. The first-order chi connectivity index (χ1) is 9.74. The van der Waals surface area contributed by atoms with Crippen LogP contribution in [0.1, 0.15) is 24.8 Å². The molecule has 1 aromatic rings. The second-order valence-electron chi connectivity index (χ2n) is 5.17. The van der Waals surface area contributed by atoms with E-state index in [4.69, 9.17) is 15.7 Å². The third kappa shape index (κ3) is 3.63. The van der Waals surface area contributed by atoms with E-state index in [2.05, 4.69) is 22.2 Å². The van der Waals surface area contributed by atoms with Crippen LogP contribution in [0.3, 0.4) is 0 Å². The molecule has 5 heteroatoms. The molecule has 0 amide bonds. The Morgan fingerprint density at radius 1 is 1.40 bits per heavy atom. The number of ether oxygens (including phenoxy) is 1. The Kier molecular flexibility index (Phi) is 5.24. The van der Waals surface area contributed by atoms with E-state index in [1.807, 2.05) is 12.1 Å². The van der Waals surface area contributed by atoms with Gasteiger partial charge in [-0.3, -0.25) is 4.90 Å². The van der Waals surface area contributed by atoms with Crippen molar-refractivity contribution in [2.24, 2.45) is 10.9 Å². The Hall–Kier alpha value is -1.75. The molecular weight excluding hydrogens is 254 g/mol. The summed E-state index contributed by atoms with van der Waals surface area (Å²) in [6.45, 7) is 1.93. The summed E-state index contributed by atoms with van der Waals surface area (Å²) in [4.78, 5) is 2.31. The quantitative estimate of drug-likeness (QED) is 0.373. The fraction of sp³-hybridized carbons (Fsp3) is 0.533. The van der Waals surface area contributed by atoms with Crippen LogP contribution in [0.25, 0.3) is 0 Å². The van der Waals surface area contributed by atoms with E-state index in [1.165, 1.54) is 12.0 Å². The summed E-state index contributed by atoms with van der Waals surface area (Å²) < 4.78 is 5.16. The zero-order valence-corrected chi connectivity index (χ0v) is 12.0. The number of hydrogen-bond donors (Lipinski definition) is 2. The molecule has 0 saturated carbocycles. The van der Waals surface area contributed by atoms with Crippen LogP contribution >= 0.6 is 0 Å². The molecule has 1 unspecified atom stereocenters. The Balaban J connectivity index is 1.93. The van der Waals surface area contributed by atoms with Gasteiger partial charge in [-0.15, -0.1) is 0 Å². The molecule has 1 atom stereocenters. The fourth-order valence-corrected chi connectivity index (χ4v) is 2.73. The maximum Gasteiger partial charge on any atom is 0.156 e. The van der Waals surface area contributed by atoms with Crippen molar-refractivity contribution < 1.29 is 9.94 Å². The van der Waals surface area contributed by atoms with Gasteiger partial charge in [-0.25, -0.2) is 0 Å². The van der Waals surface area contributed by atoms with Crippen LogP contribution in [0.2, 0.25) is 0 Å². The lowest BCUT2D eigenvalue weighted by atomic mass is 10.0. The van der Waals surface area contributed by atoms with Gasteiger partial charge in [0.1, 0.15) is 5.75 Å². The third-order valence-electron chi connectivity index (χ3n) is 3.92. The fourth-order valence-electron chi connectivity index (χ4n) is 2.73. The zero-order chi connectivity index (χ0) is 14.4. The first-order valence-electron chi connectivity index (χ1n) is 7.09. The van der Waals surface area contributed by atoms with Gasteiger partial charge in [-0.1, -0.05) is 23.7 Å². The molecule has 1 aliphatic rings. The minimum atomic E-state index is 0.0759. The van der Waals surface area contributed by atoms with Crippen molar-refractivity contribution in [3.05, 3.63) is 29.8 Å². The maximum atomic E-state index is 8.87. The van der Waals surface area contributed by atoms with E-state index < -0.39 is 0 Å². The first-order valence-corrected chi connectivity index (χ1v) is 7.09. The Morgan fingerprint density at radius 2 is 2.15 bits per heavy atom. The number of amidine groups is 1. The standard InChI is InChI=1S/C15H23N3O2/c1-20-13-7-5-12(6-8-13)9-11-18-10-3-2-4-14(18)15(16)17-19/h5-8,14,19H,2-4,9-11H2,1H3,(H2,16,17). The van der Waals surface area contributed by atoms with Gasteiger partial charge in [0.05, 0.1) is 13.2 Å². The van der Waals surface area contributed by atoms with Crippen LogP contribution < -0.4 is 10.5 Å². The molecule has 1 fully saturated rings. The van der Waals surface area contributed by atoms with Crippen LogP contribution in [-0.2, 0) is 6.42 Å². The molecule has 2 rings (SSSR count). The number of hydrogen-bond acceptors (Lipinski definition) is 4. The number of benzene rings is 1. The van der Waals surface area contributed by atoms with E-state index in [0.717, 1.165) is 38.1 Å². The van der Waals surface area contributed by atoms with Crippen molar-refractivity contribution in [2.45, 2.75) is 31.7 Å². The highest BCUT2D eigenvalue weighted by Crippen LogP contribution is 2.18. The monoisotopic (exact) mass is 277 g/mol. The lowest BCUT2D eigenvalue weighted by molar-refractivity contribution is 0.188. The molecule has 1 saturated heterocycles. The lowest BCUT2D eigenvalue weighted by Gasteiger charge is -2.34. The summed E-state index contributed by atoms with van der Waals surface area (Å²) in [5.74, 6) is 1.21. The number of rotatable bonds is 5. The van der Waals surface area contributed by atoms with Gasteiger partial charge < -0.3 is 15.7 Å². The number of nitrogens with zero attached hydrogens (tertiary/aromatic N) is 2.